The summed E-state index contributed by atoms with van der Waals surface area (Å²) in [6.45, 7) is 6.72. The first-order valence-corrected chi connectivity index (χ1v) is 21.9. The van der Waals surface area contributed by atoms with Crippen molar-refractivity contribution in [1.82, 2.24) is 0 Å². The molecule has 0 unspecified atom stereocenters. The van der Waals surface area contributed by atoms with Crippen molar-refractivity contribution < 1.29 is 109 Å². The van der Waals surface area contributed by atoms with Crippen LogP contribution in [0.5, 0.6) is 11.5 Å². The minimum Gasteiger partial charge on any atom is -0.462 e. The van der Waals surface area contributed by atoms with Crippen molar-refractivity contribution >= 4 is 0 Å². The first-order valence-electron chi connectivity index (χ1n) is 21.9. The van der Waals surface area contributed by atoms with Gasteiger partial charge in [0.1, 0.15) is 109 Å². The highest BCUT2D eigenvalue weighted by atomic mass is 16.8. The summed E-state index contributed by atoms with van der Waals surface area (Å²) in [5.41, 5.74) is 2.68. The average Bonchev–Trinajstić information content (AvgIpc) is 3.28. The molecule has 1 aliphatic carbocycles. The van der Waals surface area contributed by atoms with Crippen LogP contribution < -0.4 is 9.47 Å². The number of rotatable bonds is 16. The van der Waals surface area contributed by atoms with E-state index in [4.69, 9.17) is 37.9 Å². The van der Waals surface area contributed by atoms with Crippen LogP contribution in [-0.2, 0) is 34.8 Å². The van der Waals surface area contributed by atoms with Crippen molar-refractivity contribution in [1.29, 1.82) is 0 Å². The van der Waals surface area contributed by atoms with Gasteiger partial charge in [0.05, 0.1) is 26.4 Å². The second-order valence-corrected chi connectivity index (χ2v) is 17.5. The first-order chi connectivity index (χ1) is 30.9. The maximum Gasteiger partial charge on any atom is 0.229 e. The van der Waals surface area contributed by atoms with Gasteiger partial charge in [-0.2, -0.15) is 0 Å². The third kappa shape index (κ3) is 10.9. The molecule has 6 rings (SSSR count). The smallest absolute Gasteiger partial charge is 0.229 e. The monoisotopic (exact) mass is 934 g/mol. The standard InChI is InChI=1S/C43H66O22/c1-5-6-18-10-21(58-42-36(56)38(30(50)25(14-46)62-42)64-40-34(54)32(52)28(48)23(12-44)60-40)27(20-9-17(4)7-8-19(20)16(2)3)22(11-18)59-43-37(57)39(31(51)26(15-47)63-43)65-41-35(55)33(53)29(49)24(13-45)61-41/h9-11,19-20,23-26,28-57H,2,5-8,12-15H2,1,3-4H3/t19-,20+,23+,24+,25+,26+,28+,29+,30+,31+,32-,33-,34+,35+,36+,37+,38-,39-,40-,41-,42+,43+/m0/s1. The van der Waals surface area contributed by atoms with Crippen molar-refractivity contribution in [3.05, 3.63) is 47.1 Å². The molecule has 1 aromatic carbocycles. The van der Waals surface area contributed by atoms with E-state index in [-0.39, 0.29) is 17.4 Å². The van der Waals surface area contributed by atoms with Crippen molar-refractivity contribution in [2.45, 2.75) is 175 Å². The normalized spacial score (nSPS) is 43.7. The van der Waals surface area contributed by atoms with E-state index in [1.54, 1.807) is 12.1 Å². The minimum atomic E-state index is -1.91. The van der Waals surface area contributed by atoms with Gasteiger partial charge in [-0.25, -0.2) is 0 Å². The van der Waals surface area contributed by atoms with Crippen molar-refractivity contribution in [3.63, 3.8) is 0 Å². The number of aliphatic hydroxyl groups excluding tert-OH is 14. The molecule has 14 N–H and O–H groups in total. The van der Waals surface area contributed by atoms with Crippen LogP contribution in [0.15, 0.2) is 35.9 Å². The van der Waals surface area contributed by atoms with Gasteiger partial charge in [-0.1, -0.05) is 37.1 Å². The molecule has 4 saturated heterocycles. The van der Waals surface area contributed by atoms with E-state index in [1.807, 2.05) is 26.8 Å². The van der Waals surface area contributed by atoms with Crippen molar-refractivity contribution in [2.24, 2.45) is 5.92 Å². The molecule has 22 nitrogen and oxygen atoms in total. The van der Waals surface area contributed by atoms with Gasteiger partial charge in [-0.3, -0.25) is 0 Å². The molecule has 0 bridgehead atoms. The lowest BCUT2D eigenvalue weighted by Crippen LogP contribution is -2.65. The number of aliphatic hydroxyl groups is 14. The summed E-state index contributed by atoms with van der Waals surface area (Å²) >= 11 is 0. The highest BCUT2D eigenvalue weighted by Gasteiger charge is 2.54. The molecular weight excluding hydrogens is 868 g/mol. The van der Waals surface area contributed by atoms with E-state index in [0.29, 0.717) is 36.8 Å². The van der Waals surface area contributed by atoms with Gasteiger partial charge < -0.3 is 109 Å². The topological polar surface area (TPSA) is 357 Å². The molecule has 4 fully saturated rings. The number of benzene rings is 1. The SMILES string of the molecule is C=C(C)[C@@H]1CCC(C)=C[C@H]1c1c(O[C@@H]2O[C@H](CO)[C@@H](O)[C@H](O[C@@H]3O[C@H](CO)[C@@H](O)[C@H](O)[C@H]3O)[C@H]2O)cc(CCC)cc1O[C@@H]1O[C@H](CO)[C@@H](O)[C@H](O[C@@H]2O[C@H](CO)[C@@H](O)[C@H](O)[C@H]2O)[C@H]1O. The molecule has 0 spiro atoms. The van der Waals surface area contributed by atoms with Crippen LogP contribution in [0, 0.1) is 5.92 Å². The van der Waals surface area contributed by atoms with Crippen LogP contribution in [0.4, 0.5) is 0 Å². The number of hydrogen-bond donors (Lipinski definition) is 14. The fourth-order valence-electron chi connectivity index (χ4n) is 9.06. The molecule has 0 radical (unpaired) electrons. The van der Waals surface area contributed by atoms with E-state index in [9.17, 15) is 71.5 Å². The van der Waals surface area contributed by atoms with Crippen LogP contribution in [-0.4, -0.2) is 221 Å². The Kier molecular flexibility index (Phi) is 17.8. The summed E-state index contributed by atoms with van der Waals surface area (Å²) in [6, 6.07) is 3.34. The Bertz CT molecular complexity index is 1650. The van der Waals surface area contributed by atoms with E-state index in [2.05, 4.69) is 6.58 Å². The summed E-state index contributed by atoms with van der Waals surface area (Å²) in [4.78, 5) is 0. The van der Waals surface area contributed by atoms with Crippen molar-refractivity contribution in [2.75, 3.05) is 26.4 Å². The molecular formula is C43H66O22. The van der Waals surface area contributed by atoms with E-state index in [0.717, 1.165) is 11.1 Å². The Morgan fingerprint density at radius 3 is 1.37 bits per heavy atom. The van der Waals surface area contributed by atoms with Crippen LogP contribution >= 0.6 is 0 Å². The highest BCUT2D eigenvalue weighted by molar-refractivity contribution is 5.53. The Balaban J connectivity index is 1.40. The molecule has 370 valence electrons. The number of allylic oxidation sites excluding steroid dienone is 3. The van der Waals surface area contributed by atoms with Gasteiger partial charge in [0.15, 0.2) is 12.6 Å². The molecule has 0 saturated carbocycles. The summed E-state index contributed by atoms with van der Waals surface area (Å²) < 4.78 is 47.5. The third-order valence-corrected chi connectivity index (χ3v) is 12.8. The zero-order chi connectivity index (χ0) is 47.6. The van der Waals surface area contributed by atoms with E-state index >= 15 is 0 Å². The van der Waals surface area contributed by atoms with Gasteiger partial charge in [0.25, 0.3) is 0 Å². The average molecular weight is 935 g/mol. The molecule has 0 aromatic heterocycles. The molecule has 22 atom stereocenters. The third-order valence-electron chi connectivity index (χ3n) is 12.8. The molecule has 5 aliphatic rings. The molecule has 65 heavy (non-hydrogen) atoms. The summed E-state index contributed by atoms with van der Waals surface area (Å²) in [5.74, 6) is -0.729. The summed E-state index contributed by atoms with van der Waals surface area (Å²) in [6.07, 6.45) is -30.3. The molecule has 4 aliphatic heterocycles. The fourth-order valence-corrected chi connectivity index (χ4v) is 9.06. The summed E-state index contributed by atoms with van der Waals surface area (Å²) in [7, 11) is 0. The lowest BCUT2D eigenvalue weighted by Gasteiger charge is -2.46. The second-order valence-electron chi connectivity index (χ2n) is 17.5. The van der Waals surface area contributed by atoms with Crippen molar-refractivity contribution in [3.8, 4) is 11.5 Å². The lowest BCUT2D eigenvalue weighted by molar-refractivity contribution is -0.353. The second kappa shape index (κ2) is 22.3. The first kappa shape index (κ1) is 51.9. The predicted molar refractivity (Wildman–Crippen MR) is 219 cm³/mol. The maximum atomic E-state index is 11.8. The number of hydrogen-bond acceptors (Lipinski definition) is 22. The Morgan fingerprint density at radius 2 is 0.985 bits per heavy atom. The van der Waals surface area contributed by atoms with E-state index in [1.165, 1.54) is 0 Å². The van der Waals surface area contributed by atoms with E-state index < -0.39 is 155 Å². The summed E-state index contributed by atoms with van der Waals surface area (Å²) in [5, 5.41) is 149. The highest BCUT2D eigenvalue weighted by Crippen LogP contribution is 2.49. The molecule has 1 aromatic rings. The maximum absolute atomic E-state index is 11.8. The van der Waals surface area contributed by atoms with Crippen LogP contribution in [0.2, 0.25) is 0 Å². The van der Waals surface area contributed by atoms with Gasteiger partial charge in [0, 0.05) is 11.5 Å². The van der Waals surface area contributed by atoms with Crippen LogP contribution in [0.1, 0.15) is 57.1 Å². The van der Waals surface area contributed by atoms with Gasteiger partial charge >= 0.3 is 0 Å². The Morgan fingerprint density at radius 1 is 0.585 bits per heavy atom. The molecule has 0 amide bonds. The molecule has 4 heterocycles. The zero-order valence-electron chi connectivity index (χ0n) is 36.3. The van der Waals surface area contributed by atoms with Gasteiger partial charge in [-0.15, -0.1) is 0 Å². The molecule has 22 heteroatoms. The van der Waals surface area contributed by atoms with Crippen LogP contribution in [0.3, 0.4) is 0 Å². The quantitative estimate of drug-likeness (QED) is 0.0697. The van der Waals surface area contributed by atoms with Crippen LogP contribution in [0.25, 0.3) is 0 Å². The largest absolute Gasteiger partial charge is 0.462 e. The minimum absolute atomic E-state index is 0.0510. The lowest BCUT2D eigenvalue weighted by atomic mass is 9.73. The van der Waals surface area contributed by atoms with Gasteiger partial charge in [-0.05, 0) is 56.7 Å². The Hall–Kier alpha value is -2.50. The predicted octanol–water partition coefficient (Wildman–Crippen LogP) is -4.34. The fraction of sp³-hybridized carbons (Fsp3) is 0.767. The number of aryl methyl sites for hydroxylation is 1. The zero-order valence-corrected chi connectivity index (χ0v) is 36.3. The Labute approximate surface area is 375 Å². The number of ether oxygens (including phenoxy) is 8. The van der Waals surface area contributed by atoms with Gasteiger partial charge in [0.2, 0.25) is 12.6 Å².